The molecule has 6 nitrogen and oxygen atoms in total. The zero-order valence-electron chi connectivity index (χ0n) is 37.5. The predicted molar refractivity (Wildman–Crippen MR) is 251 cm³/mol. The fourth-order valence-electron chi connectivity index (χ4n) is 5.69. The van der Waals surface area contributed by atoms with Crippen LogP contribution in [-0.4, -0.2) is 37.2 Å². The van der Waals surface area contributed by atoms with Gasteiger partial charge in [0.2, 0.25) is 0 Å². The Bertz CT molecular complexity index is 1300. The van der Waals surface area contributed by atoms with Gasteiger partial charge in [-0.15, -0.1) is 0 Å². The highest BCUT2D eigenvalue weighted by atomic mass is 16.6. The smallest absolute Gasteiger partial charge is 0.306 e. The van der Waals surface area contributed by atoms with E-state index in [9.17, 15) is 14.4 Å². The number of rotatable bonds is 39. The molecule has 0 rings (SSSR count). The lowest BCUT2D eigenvalue weighted by atomic mass is 10.1. The molecule has 0 aromatic heterocycles. The lowest BCUT2D eigenvalue weighted by Gasteiger charge is -2.18. The second-order valence-electron chi connectivity index (χ2n) is 14.6. The highest BCUT2D eigenvalue weighted by molar-refractivity contribution is 5.71. The Balaban J connectivity index is 4.56. The summed E-state index contributed by atoms with van der Waals surface area (Å²) < 4.78 is 16.6. The molecule has 0 heterocycles. The second kappa shape index (κ2) is 46.5. The van der Waals surface area contributed by atoms with Crippen molar-refractivity contribution in [1.82, 2.24) is 0 Å². The maximum atomic E-state index is 12.7. The lowest BCUT2D eigenvalue weighted by Crippen LogP contribution is -2.30. The summed E-state index contributed by atoms with van der Waals surface area (Å²) in [6, 6.07) is 0. The molecular weight excluding hydrogens is 733 g/mol. The van der Waals surface area contributed by atoms with Crippen LogP contribution in [0.25, 0.3) is 0 Å². The minimum absolute atomic E-state index is 0.119. The number of esters is 3. The van der Waals surface area contributed by atoms with E-state index in [2.05, 4.69) is 93.7 Å². The molecule has 59 heavy (non-hydrogen) atoms. The van der Waals surface area contributed by atoms with Crippen molar-refractivity contribution in [2.75, 3.05) is 13.2 Å². The lowest BCUT2D eigenvalue weighted by molar-refractivity contribution is -0.167. The van der Waals surface area contributed by atoms with Crippen molar-refractivity contribution in [1.29, 1.82) is 0 Å². The van der Waals surface area contributed by atoms with Crippen LogP contribution in [0.1, 0.15) is 175 Å². The van der Waals surface area contributed by atoms with Crippen molar-refractivity contribution in [3.8, 4) is 0 Å². The van der Waals surface area contributed by atoms with Gasteiger partial charge in [-0.3, -0.25) is 14.4 Å². The molecule has 0 saturated heterocycles. The molecule has 330 valence electrons. The van der Waals surface area contributed by atoms with Crippen molar-refractivity contribution < 1.29 is 28.6 Å². The number of ether oxygens (including phenoxy) is 3. The first-order valence-corrected chi connectivity index (χ1v) is 23.1. The molecule has 0 aliphatic carbocycles. The van der Waals surface area contributed by atoms with Gasteiger partial charge in [0, 0.05) is 19.3 Å². The van der Waals surface area contributed by atoms with Gasteiger partial charge in [0.05, 0.1) is 0 Å². The van der Waals surface area contributed by atoms with E-state index in [0.717, 1.165) is 103 Å². The van der Waals surface area contributed by atoms with E-state index >= 15 is 0 Å². The minimum atomic E-state index is -0.817. The van der Waals surface area contributed by atoms with Gasteiger partial charge in [0.25, 0.3) is 0 Å². The highest BCUT2D eigenvalue weighted by Gasteiger charge is 2.19. The van der Waals surface area contributed by atoms with Gasteiger partial charge >= 0.3 is 17.9 Å². The van der Waals surface area contributed by atoms with E-state index in [1.165, 1.54) is 25.7 Å². The number of carbonyl (C=O) groups excluding carboxylic acids is 3. The Labute approximate surface area is 361 Å². The van der Waals surface area contributed by atoms with E-state index in [-0.39, 0.29) is 31.1 Å². The number of carbonyl (C=O) groups is 3. The van der Waals surface area contributed by atoms with Crippen LogP contribution in [-0.2, 0) is 28.6 Å². The van der Waals surface area contributed by atoms with Crippen LogP contribution >= 0.6 is 0 Å². The molecule has 0 aliphatic rings. The first kappa shape index (κ1) is 54.8. The Morgan fingerprint density at radius 2 is 0.695 bits per heavy atom. The fraction of sp³-hybridized carbons (Fsp3) is 0.566. The average molecular weight is 815 g/mol. The summed E-state index contributed by atoms with van der Waals surface area (Å²) in [6.07, 6.45) is 63.3. The van der Waals surface area contributed by atoms with E-state index in [0.29, 0.717) is 25.7 Å². The molecule has 0 spiro atoms. The maximum absolute atomic E-state index is 12.7. The predicted octanol–water partition coefficient (Wildman–Crippen LogP) is 15.0. The van der Waals surface area contributed by atoms with E-state index in [1.54, 1.807) is 0 Å². The van der Waals surface area contributed by atoms with Gasteiger partial charge in [-0.25, -0.2) is 0 Å². The standard InChI is InChI=1S/C53H82O6/c1-4-7-10-13-16-19-22-25-27-29-31-34-37-40-43-46-52(55)58-49-50(48-57-51(54)45-42-39-36-33-30-24-21-18-15-12-9-6-3)59-53(56)47-44-41-38-35-32-28-26-23-20-17-14-11-8-5-2/h7-13,16-22,25,27,29-31,33,50H,4-6,14-15,23-24,26,28,32,34-49H2,1-3H3/b10-7-,11-8-,12-9-,16-13-,20-17-,21-18-,22-19-,27-25-,31-29-,33-30-. The Morgan fingerprint density at radius 1 is 0.356 bits per heavy atom. The quantitative estimate of drug-likeness (QED) is 0.0202. The summed E-state index contributed by atoms with van der Waals surface area (Å²) in [5.41, 5.74) is 0. The molecule has 0 fully saturated rings. The van der Waals surface area contributed by atoms with Crippen LogP contribution in [0.3, 0.4) is 0 Å². The number of hydrogen-bond donors (Lipinski definition) is 0. The zero-order valence-corrected chi connectivity index (χ0v) is 37.5. The molecular formula is C53H82O6. The van der Waals surface area contributed by atoms with Gasteiger partial charge in [0.1, 0.15) is 13.2 Å². The Hall–Kier alpha value is -4.19. The molecule has 0 bridgehead atoms. The third-order valence-corrected chi connectivity index (χ3v) is 9.07. The maximum Gasteiger partial charge on any atom is 0.306 e. The van der Waals surface area contributed by atoms with E-state index < -0.39 is 6.10 Å². The van der Waals surface area contributed by atoms with Crippen molar-refractivity contribution >= 4 is 17.9 Å². The number of allylic oxidation sites excluding steroid dienone is 20. The van der Waals surface area contributed by atoms with E-state index in [1.807, 2.05) is 48.6 Å². The largest absolute Gasteiger partial charge is 0.462 e. The third-order valence-electron chi connectivity index (χ3n) is 9.07. The van der Waals surface area contributed by atoms with Gasteiger partial charge in [-0.1, -0.05) is 181 Å². The first-order valence-electron chi connectivity index (χ1n) is 23.1. The zero-order chi connectivity index (χ0) is 43.0. The van der Waals surface area contributed by atoms with Gasteiger partial charge < -0.3 is 14.2 Å². The number of hydrogen-bond acceptors (Lipinski definition) is 6. The molecule has 0 aromatic carbocycles. The third kappa shape index (κ3) is 44.8. The van der Waals surface area contributed by atoms with Crippen molar-refractivity contribution in [2.24, 2.45) is 0 Å². The molecule has 1 unspecified atom stereocenters. The Morgan fingerprint density at radius 3 is 1.20 bits per heavy atom. The molecule has 0 radical (unpaired) electrons. The van der Waals surface area contributed by atoms with Gasteiger partial charge in [-0.2, -0.15) is 0 Å². The van der Waals surface area contributed by atoms with Crippen molar-refractivity contribution in [3.63, 3.8) is 0 Å². The van der Waals surface area contributed by atoms with Crippen LogP contribution in [0.5, 0.6) is 0 Å². The van der Waals surface area contributed by atoms with E-state index in [4.69, 9.17) is 14.2 Å². The summed E-state index contributed by atoms with van der Waals surface area (Å²) in [7, 11) is 0. The molecule has 6 heteroatoms. The summed E-state index contributed by atoms with van der Waals surface area (Å²) in [4.78, 5) is 37.8. The van der Waals surface area contributed by atoms with Gasteiger partial charge in [0.15, 0.2) is 6.10 Å². The highest BCUT2D eigenvalue weighted by Crippen LogP contribution is 2.12. The minimum Gasteiger partial charge on any atom is -0.462 e. The number of unbranched alkanes of at least 4 members (excludes halogenated alkanes) is 12. The molecule has 0 aliphatic heterocycles. The first-order chi connectivity index (χ1) is 29.0. The molecule has 0 N–H and O–H groups in total. The van der Waals surface area contributed by atoms with Crippen LogP contribution in [0, 0.1) is 0 Å². The Kier molecular flexibility index (Phi) is 43.2. The molecule has 0 aromatic rings. The molecule has 0 saturated carbocycles. The van der Waals surface area contributed by atoms with Crippen molar-refractivity contribution in [3.05, 3.63) is 122 Å². The average Bonchev–Trinajstić information content (AvgIpc) is 3.23. The van der Waals surface area contributed by atoms with Crippen LogP contribution in [0.15, 0.2) is 122 Å². The normalized spacial score (nSPS) is 13.2. The fourth-order valence-corrected chi connectivity index (χ4v) is 5.69. The second-order valence-corrected chi connectivity index (χ2v) is 14.6. The summed E-state index contributed by atoms with van der Waals surface area (Å²) >= 11 is 0. The summed E-state index contributed by atoms with van der Waals surface area (Å²) in [5, 5.41) is 0. The topological polar surface area (TPSA) is 78.9 Å². The summed E-state index contributed by atoms with van der Waals surface area (Å²) in [6.45, 7) is 6.16. The van der Waals surface area contributed by atoms with Gasteiger partial charge in [-0.05, 0) is 96.3 Å². The SMILES string of the molecule is CC\C=C/C=C\C=C/C=C\C=C/CCCCCC(=O)OCC(COC(=O)CCCC/C=C\C/C=C\C/C=C\CC)OC(=O)CCCCCCCCC/C=C\C/C=C\CC. The van der Waals surface area contributed by atoms with Crippen molar-refractivity contribution in [2.45, 2.75) is 181 Å². The summed E-state index contributed by atoms with van der Waals surface area (Å²) in [5.74, 6) is -1.02. The molecule has 1 atom stereocenters. The van der Waals surface area contributed by atoms with Crippen LogP contribution in [0.2, 0.25) is 0 Å². The molecule has 0 amide bonds. The van der Waals surface area contributed by atoms with Crippen LogP contribution < -0.4 is 0 Å². The van der Waals surface area contributed by atoms with Crippen LogP contribution in [0.4, 0.5) is 0 Å². The monoisotopic (exact) mass is 815 g/mol.